The van der Waals surface area contributed by atoms with Gasteiger partial charge in [0.2, 0.25) is 100 Å². The summed E-state index contributed by atoms with van der Waals surface area (Å²) in [5, 5.41) is 95.5. The third-order valence-corrected chi connectivity index (χ3v) is 19.1. The molecule has 17 amide bonds. The van der Waals surface area contributed by atoms with E-state index in [0.29, 0.717) is 27.6 Å². The molecule has 3 aromatic carbocycles. The summed E-state index contributed by atoms with van der Waals surface area (Å²) in [5.74, 6) is -26.7. The molecule has 26 N–H and O–H groups in total. The van der Waals surface area contributed by atoms with Gasteiger partial charge in [-0.1, -0.05) is 107 Å². The molecule has 0 bridgehead atoms. The number of carbonyl (C=O) groups excluding carboxylic acids is 17. The summed E-state index contributed by atoms with van der Waals surface area (Å²) < 4.78 is 0. The lowest BCUT2D eigenvalue weighted by atomic mass is 10.0. The Morgan fingerprint density at radius 2 is 0.659 bits per heavy atom. The molecule has 16 atom stereocenters. The number of hydrogen-bond acceptors (Lipinski definition) is 23. The summed E-state index contributed by atoms with van der Waals surface area (Å²) in [7, 11) is 0. The molecule has 0 saturated heterocycles. The van der Waals surface area contributed by atoms with E-state index in [0.717, 1.165) is 20.8 Å². The van der Waals surface area contributed by atoms with E-state index >= 15 is 4.79 Å². The lowest BCUT2D eigenvalue weighted by Crippen LogP contribution is -2.62. The summed E-state index contributed by atoms with van der Waals surface area (Å²) in [6, 6.07) is -3.33. The van der Waals surface area contributed by atoms with Crippen molar-refractivity contribution in [2.45, 2.75) is 236 Å². The zero-order valence-corrected chi connectivity index (χ0v) is 70.7. The number of nitrogens with two attached hydrogens (primary N) is 2. The Bertz CT molecular complexity index is 4550. The lowest BCUT2D eigenvalue weighted by molar-refractivity contribution is -0.143. The number of nitrogens with one attached hydrogen (secondary N) is 16. The number of carboxylic acid groups (broad SMARTS) is 4. The number of aliphatic hydroxyl groups is 2. The van der Waals surface area contributed by atoms with E-state index in [1.54, 1.807) is 98.8 Å². The number of H-pyrrole nitrogens is 1. The maximum absolute atomic E-state index is 15.1. The minimum absolute atomic E-state index is 0.00165. The number of aromatic amines is 1. The number of benzene rings is 3. The van der Waals surface area contributed by atoms with Crippen LogP contribution in [0.3, 0.4) is 0 Å². The topological polar surface area (TPSA) is 728 Å². The van der Waals surface area contributed by atoms with Gasteiger partial charge in [0, 0.05) is 56.1 Å². The van der Waals surface area contributed by atoms with Crippen LogP contribution in [0, 0.1) is 11.8 Å². The van der Waals surface area contributed by atoms with Crippen LogP contribution in [0.15, 0.2) is 91.1 Å². The Morgan fingerprint density at radius 1 is 0.341 bits per heavy atom. The normalized spacial score (nSPS) is 14.9. The second-order valence-electron chi connectivity index (χ2n) is 30.8. The van der Waals surface area contributed by atoms with Gasteiger partial charge in [0.1, 0.15) is 90.6 Å². The average molecular weight is 1770 g/mol. The van der Waals surface area contributed by atoms with E-state index in [2.05, 4.69) is 79.4 Å². The number of rotatable bonds is 54. The predicted octanol–water partition coefficient (Wildman–Crippen LogP) is -5.95. The molecule has 4 rings (SSSR count). The summed E-state index contributed by atoms with van der Waals surface area (Å²) in [5.41, 5.74) is 12.4. The van der Waals surface area contributed by atoms with E-state index in [4.69, 9.17) is 11.5 Å². The maximum Gasteiger partial charge on any atom is 0.305 e. The van der Waals surface area contributed by atoms with Gasteiger partial charge in [-0.2, -0.15) is 0 Å². The number of aromatic nitrogens is 1. The summed E-state index contributed by atoms with van der Waals surface area (Å²) in [6.45, 7) is 11.3. The molecular formula is C81H112N18O27. The monoisotopic (exact) mass is 1770 g/mol. The fourth-order valence-corrected chi connectivity index (χ4v) is 12.5. The Hall–Kier alpha value is -14.0. The number of fused-ring (bicyclic) bond motifs is 1. The number of carboxylic acids is 4. The number of primary amides is 2. The first kappa shape index (κ1) is 104. The zero-order chi connectivity index (χ0) is 94.5. The van der Waals surface area contributed by atoms with Gasteiger partial charge >= 0.3 is 23.9 Å². The van der Waals surface area contributed by atoms with E-state index in [1.165, 1.54) is 33.9 Å². The fraction of sp³-hybridized carbons (Fsp3) is 0.494. The Labute approximate surface area is 722 Å². The molecule has 0 unspecified atom stereocenters. The molecule has 45 nitrogen and oxygen atoms in total. The summed E-state index contributed by atoms with van der Waals surface area (Å²) in [6.07, 6.45) is -8.24. The number of aliphatic hydroxyl groups excluding tert-OH is 2. The molecule has 1 heterocycles. The molecule has 126 heavy (non-hydrogen) atoms. The quantitative estimate of drug-likeness (QED) is 0.0196. The van der Waals surface area contributed by atoms with E-state index < -0.39 is 285 Å². The smallest absolute Gasteiger partial charge is 0.305 e. The van der Waals surface area contributed by atoms with E-state index in [1.807, 2.05) is 5.32 Å². The molecule has 0 aliphatic rings. The first-order chi connectivity index (χ1) is 59.2. The van der Waals surface area contributed by atoms with Crippen LogP contribution in [0.5, 0.6) is 0 Å². The van der Waals surface area contributed by atoms with Crippen molar-refractivity contribution in [2.24, 2.45) is 23.3 Å². The molecule has 0 fully saturated rings. The van der Waals surface area contributed by atoms with Crippen molar-refractivity contribution in [1.82, 2.24) is 84.7 Å². The molecular weight excluding hydrogens is 1660 g/mol. The third kappa shape index (κ3) is 36.2. The minimum Gasteiger partial charge on any atom is -0.481 e. The first-order valence-electron chi connectivity index (χ1n) is 40.1. The zero-order valence-electron chi connectivity index (χ0n) is 70.7. The molecule has 0 saturated carbocycles. The van der Waals surface area contributed by atoms with E-state index in [-0.39, 0.29) is 31.6 Å². The van der Waals surface area contributed by atoms with Crippen LogP contribution >= 0.6 is 0 Å². The highest BCUT2D eigenvalue weighted by Crippen LogP contribution is 2.21. The van der Waals surface area contributed by atoms with Crippen molar-refractivity contribution in [1.29, 1.82) is 0 Å². The molecule has 1 aromatic heterocycles. The molecule has 0 aliphatic carbocycles. The SMILES string of the molecule is CC(=O)N[C@@H](CC(N)=O)C(=O)N[C@@H](Cc1ccccc1)C(=O)N[C@H](C(=O)N[C@@H](C)C(=O)N[C@@H](CC(=O)O)C(=O)N[C@@H](CC(=O)O)C(=O)N[C@@H](CC(C)C)C(=O)N[C@@H](CCC(=O)O)C(=O)N[C@@H](CCC(=O)O)C(=O)N[C@@H](Cc1c[nH]c2ccccc12)C(=O)N[C@@H](Cc1ccccc1)C(=O)N[C@@H](C)C(=O)N[C@@H](CC(C)C)C(=O)N[C@@H](C)C(=O)N[C@@H](CO)C(N)=O)[C@@H](C)O. The van der Waals surface area contributed by atoms with E-state index in [9.17, 15) is 127 Å². The largest absolute Gasteiger partial charge is 0.481 e. The van der Waals surface area contributed by atoms with Gasteiger partial charge in [0.05, 0.1) is 32.0 Å². The number of hydrogen-bond donors (Lipinski definition) is 24. The lowest BCUT2D eigenvalue weighted by Gasteiger charge is -2.28. The van der Waals surface area contributed by atoms with Gasteiger partial charge in [-0.3, -0.25) is 101 Å². The molecule has 4 aromatic rings. The van der Waals surface area contributed by atoms with Gasteiger partial charge in [-0.15, -0.1) is 0 Å². The number of amides is 17. The maximum atomic E-state index is 15.1. The van der Waals surface area contributed by atoms with Gasteiger partial charge in [-0.25, -0.2) is 0 Å². The van der Waals surface area contributed by atoms with Crippen molar-refractivity contribution >= 4 is 135 Å². The van der Waals surface area contributed by atoms with Crippen LogP contribution in [0.4, 0.5) is 0 Å². The van der Waals surface area contributed by atoms with Crippen LogP contribution in [0.1, 0.15) is 137 Å². The third-order valence-electron chi connectivity index (χ3n) is 19.1. The Balaban J connectivity index is 1.62. The van der Waals surface area contributed by atoms with Crippen molar-refractivity contribution in [3.63, 3.8) is 0 Å². The number of aliphatic carboxylic acids is 4. The number of carbonyl (C=O) groups is 21. The van der Waals surface area contributed by atoms with Crippen molar-refractivity contribution in [2.75, 3.05) is 6.61 Å². The van der Waals surface area contributed by atoms with Crippen LogP contribution in [-0.4, -0.2) is 263 Å². The Kier molecular flexibility index (Phi) is 42.4. The molecule has 0 radical (unpaired) electrons. The fourth-order valence-electron chi connectivity index (χ4n) is 12.5. The number of para-hydroxylation sites is 1. The first-order valence-corrected chi connectivity index (χ1v) is 40.1. The van der Waals surface area contributed by atoms with Gasteiger partial charge in [0.15, 0.2) is 0 Å². The van der Waals surface area contributed by atoms with Gasteiger partial charge in [-0.05, 0) is 88.0 Å². The highest BCUT2D eigenvalue weighted by molar-refractivity contribution is 6.02. The average Bonchev–Trinajstić information content (AvgIpc) is 1.65. The summed E-state index contributed by atoms with van der Waals surface area (Å²) in [4.78, 5) is 285. The van der Waals surface area contributed by atoms with Gasteiger partial charge < -0.3 is 127 Å². The van der Waals surface area contributed by atoms with Crippen molar-refractivity contribution in [3.8, 4) is 0 Å². The molecule has 0 aliphatic heterocycles. The van der Waals surface area contributed by atoms with Crippen LogP contribution in [-0.2, 0) is 120 Å². The minimum atomic E-state index is -2.25. The Morgan fingerprint density at radius 3 is 1.05 bits per heavy atom. The van der Waals surface area contributed by atoms with Crippen molar-refractivity contribution < 1.29 is 131 Å². The standard InChI is InChI=1S/C81H112N18O27/c1-38(2)28-52(73(118)85-41(6)70(115)98-60(37-100)67(83)112)91-68(113)40(5)86-74(119)54(30-45-18-12-10-13-19-45)94-76(121)56(32-47-36-84-49-23-17-16-22-48(47)49)96-72(117)51(25-27-63(106)107)89-71(116)50(24-26-62(104)105)90-75(120)53(29-39(3)4)93-79(124)59(35-65(110)111)97-78(123)58(34-64(108)109)92-69(114)42(7)87-81(126)66(43(8)101)99-80(125)55(31-46-20-14-11-15-21-46)95-77(122)57(33-61(82)103)88-44(9)102/h10-23,36,38-43,50-60,66,84,100-101H,24-35,37H2,1-9H3,(H2,82,103)(H2,83,112)(H,85,118)(H,86,119)(H,87,126)(H,88,102)(H,89,116)(H,90,120)(H,91,113)(H,92,114)(H,93,124)(H,94,121)(H,95,122)(H,96,117)(H,97,123)(H,98,115)(H,99,125)(H,104,105)(H,106,107)(H,108,109)(H,110,111)/t40-,41-,42-,43+,50-,51-,52-,53-,54-,55-,56-,57-,58-,59-,60-,66-/m0/s1. The van der Waals surface area contributed by atoms with Gasteiger partial charge in [0.25, 0.3) is 0 Å². The summed E-state index contributed by atoms with van der Waals surface area (Å²) >= 11 is 0. The van der Waals surface area contributed by atoms with Crippen LogP contribution in [0.2, 0.25) is 0 Å². The second-order valence-corrected chi connectivity index (χ2v) is 30.8. The highest BCUT2D eigenvalue weighted by atomic mass is 16.4. The van der Waals surface area contributed by atoms with Crippen LogP contribution in [0.25, 0.3) is 10.9 Å². The molecule has 0 spiro atoms. The predicted molar refractivity (Wildman–Crippen MR) is 443 cm³/mol. The van der Waals surface area contributed by atoms with Crippen LogP contribution < -0.4 is 91.2 Å². The molecule has 45 heteroatoms. The highest BCUT2D eigenvalue weighted by Gasteiger charge is 2.40. The second kappa shape index (κ2) is 51.2. The van der Waals surface area contributed by atoms with Crippen molar-refractivity contribution in [3.05, 3.63) is 108 Å². The molecule has 688 valence electrons.